The highest BCUT2D eigenvalue weighted by atomic mass is 15.2. The summed E-state index contributed by atoms with van der Waals surface area (Å²) in [6.07, 6.45) is 0. The van der Waals surface area contributed by atoms with Crippen LogP contribution in [0.5, 0.6) is 0 Å². The number of nitrogens with zero attached hydrogens (tertiary/aromatic N) is 2. The first-order chi connectivity index (χ1) is 43.0. The minimum Gasteiger partial charge on any atom is -0.310 e. The molecule has 0 atom stereocenters. The Morgan fingerprint density at radius 1 is 0.239 bits per heavy atom. The van der Waals surface area contributed by atoms with Gasteiger partial charge in [-0.1, -0.05) is 284 Å². The molecule has 14 aromatic rings. The van der Waals surface area contributed by atoms with Gasteiger partial charge in [-0.05, 0) is 171 Å². The summed E-state index contributed by atoms with van der Waals surface area (Å²) >= 11 is 0. The SMILES string of the molecule is CC(C)(C)c1cc(N(c2ccccc2)c2cccc(C3(c4ccccc4)c4ccccc4-c4ccccc43)c2)c2ccc3c(C(C)(C)C)cc(N(c4ccccc4)c4cccc(C5(c6ccccc6)c6ccccc6-c6ccccc65)c4)c4ccc1c2c43. The van der Waals surface area contributed by atoms with Gasteiger partial charge in [0.1, 0.15) is 0 Å². The van der Waals surface area contributed by atoms with Gasteiger partial charge in [-0.3, -0.25) is 0 Å². The van der Waals surface area contributed by atoms with Crippen molar-refractivity contribution in [2.45, 2.75) is 63.2 Å². The summed E-state index contributed by atoms with van der Waals surface area (Å²) in [6, 6.07) is 114. The van der Waals surface area contributed by atoms with E-state index in [1.807, 2.05) is 0 Å². The molecule has 0 N–H and O–H groups in total. The lowest BCUT2D eigenvalue weighted by Crippen LogP contribution is -2.28. The Bertz CT molecular complexity index is 4580. The Balaban J connectivity index is 0.968. The summed E-state index contributed by atoms with van der Waals surface area (Å²) in [5.41, 5.74) is 23.0. The molecule has 14 aromatic carbocycles. The van der Waals surface area contributed by atoms with Crippen LogP contribution in [0.3, 0.4) is 0 Å². The molecule has 88 heavy (non-hydrogen) atoms. The van der Waals surface area contributed by atoms with Crippen molar-refractivity contribution in [3.8, 4) is 22.3 Å². The quantitative estimate of drug-likeness (QED) is 0.126. The van der Waals surface area contributed by atoms with Gasteiger partial charge in [-0.15, -0.1) is 0 Å². The minimum absolute atomic E-state index is 0.228. The van der Waals surface area contributed by atoms with E-state index in [0.717, 1.165) is 34.1 Å². The minimum atomic E-state index is -0.565. The topological polar surface area (TPSA) is 6.48 Å². The van der Waals surface area contributed by atoms with Gasteiger partial charge < -0.3 is 9.80 Å². The summed E-state index contributed by atoms with van der Waals surface area (Å²) in [5.74, 6) is 0. The van der Waals surface area contributed by atoms with Crippen LogP contribution in [-0.4, -0.2) is 0 Å². The van der Waals surface area contributed by atoms with Crippen molar-refractivity contribution in [1.29, 1.82) is 0 Å². The predicted octanol–water partition coefficient (Wildman–Crippen LogP) is 22.8. The highest BCUT2D eigenvalue weighted by Gasteiger charge is 2.48. The third-order valence-corrected chi connectivity index (χ3v) is 19.4. The van der Waals surface area contributed by atoms with Gasteiger partial charge in [0.15, 0.2) is 0 Å². The Morgan fingerprint density at radius 2 is 0.511 bits per heavy atom. The fraction of sp³-hybridized carbons (Fsp3) is 0.116. The largest absolute Gasteiger partial charge is 0.310 e. The van der Waals surface area contributed by atoms with E-state index in [0.29, 0.717) is 0 Å². The van der Waals surface area contributed by atoms with Crippen LogP contribution in [0.15, 0.2) is 303 Å². The number of anilines is 6. The Kier molecular flexibility index (Phi) is 12.2. The molecule has 0 radical (unpaired) electrons. The maximum atomic E-state index is 2.55. The number of fused-ring (bicyclic) bond motifs is 6. The van der Waals surface area contributed by atoms with Crippen molar-refractivity contribution in [3.63, 3.8) is 0 Å². The van der Waals surface area contributed by atoms with Crippen LogP contribution < -0.4 is 9.80 Å². The number of hydrogen-bond acceptors (Lipinski definition) is 2. The zero-order valence-electron chi connectivity index (χ0n) is 50.8. The molecular weight excluding hydrogens is 1060 g/mol. The summed E-state index contributed by atoms with van der Waals surface area (Å²) in [6.45, 7) is 14.3. The second kappa shape index (κ2) is 20.2. The van der Waals surface area contributed by atoms with Crippen molar-refractivity contribution < 1.29 is 0 Å². The summed E-state index contributed by atoms with van der Waals surface area (Å²) < 4.78 is 0. The number of hydrogen-bond donors (Lipinski definition) is 0. The molecule has 0 saturated carbocycles. The highest BCUT2D eigenvalue weighted by Crippen LogP contribution is 2.60. The third-order valence-electron chi connectivity index (χ3n) is 19.4. The van der Waals surface area contributed by atoms with E-state index in [1.165, 1.54) is 110 Å². The second-order valence-electron chi connectivity index (χ2n) is 26.3. The highest BCUT2D eigenvalue weighted by molar-refractivity contribution is 6.29. The molecule has 0 saturated heterocycles. The van der Waals surface area contributed by atoms with Crippen LogP contribution >= 0.6 is 0 Å². The fourth-order valence-electron chi connectivity index (χ4n) is 15.8. The molecule has 0 fully saturated rings. The molecule has 2 aliphatic carbocycles. The summed E-state index contributed by atoms with van der Waals surface area (Å²) in [7, 11) is 0. The molecule has 0 unspecified atom stereocenters. The van der Waals surface area contributed by atoms with Crippen LogP contribution in [0.1, 0.15) is 97.2 Å². The van der Waals surface area contributed by atoms with E-state index in [-0.39, 0.29) is 10.8 Å². The van der Waals surface area contributed by atoms with E-state index >= 15 is 0 Å². The maximum absolute atomic E-state index is 2.55. The number of benzene rings is 14. The van der Waals surface area contributed by atoms with Crippen molar-refractivity contribution in [3.05, 3.63) is 359 Å². The zero-order chi connectivity index (χ0) is 59.5. The first-order valence-electron chi connectivity index (χ1n) is 31.2. The average molecular weight is 1130 g/mol. The molecule has 0 spiro atoms. The molecule has 2 aliphatic rings. The van der Waals surface area contributed by atoms with Gasteiger partial charge in [0.05, 0.1) is 22.2 Å². The Morgan fingerprint density at radius 3 is 0.841 bits per heavy atom. The monoisotopic (exact) mass is 1130 g/mol. The molecule has 0 bridgehead atoms. The Labute approximate surface area is 517 Å². The molecule has 0 aromatic heterocycles. The number of para-hydroxylation sites is 2. The van der Waals surface area contributed by atoms with Crippen LogP contribution in [-0.2, 0) is 21.7 Å². The Hall–Kier alpha value is -10.3. The van der Waals surface area contributed by atoms with E-state index in [2.05, 4.69) is 355 Å². The number of rotatable bonds is 10. The van der Waals surface area contributed by atoms with Crippen LogP contribution in [0.25, 0.3) is 54.6 Å². The van der Waals surface area contributed by atoms with E-state index in [1.54, 1.807) is 0 Å². The molecule has 0 amide bonds. The third kappa shape index (κ3) is 7.87. The molecule has 2 nitrogen and oxygen atoms in total. The molecule has 2 heteroatoms. The van der Waals surface area contributed by atoms with Crippen LogP contribution in [0.4, 0.5) is 34.1 Å². The van der Waals surface area contributed by atoms with Gasteiger partial charge in [-0.2, -0.15) is 0 Å². The van der Waals surface area contributed by atoms with E-state index < -0.39 is 10.8 Å². The van der Waals surface area contributed by atoms with Gasteiger partial charge in [0.25, 0.3) is 0 Å². The molecule has 0 aliphatic heterocycles. The molecule has 16 rings (SSSR count). The standard InChI is InChI=1S/C86H68N2/c1-83(2,3)77-55-79(87(61-35-15-9-16-36-61)63-39-27-33-59(53-63)85(57-29-11-7-12-30-57)73-45-23-19-41-65(73)66-42-20-24-46-74(66)85)71-52-50-70-78(84(4,5)6)56-80(72-51-49-69(77)81(71)82(70)72)88(62-37-17-10-18-38-62)64-40-28-34-60(54-64)86(58-31-13-8-14-32-58)75-47-25-21-43-67(75)68-44-22-26-48-76(68)86/h7-56H,1-6H3. The normalized spacial score (nSPS) is 13.8. The molecule has 422 valence electrons. The predicted molar refractivity (Wildman–Crippen MR) is 372 cm³/mol. The first kappa shape index (κ1) is 53.2. The molecular formula is C86H68N2. The summed E-state index contributed by atoms with van der Waals surface area (Å²) in [5, 5.41) is 7.54. The lowest BCUT2D eigenvalue weighted by atomic mass is 9.67. The second-order valence-corrected chi connectivity index (χ2v) is 26.3. The smallest absolute Gasteiger partial charge is 0.0714 e. The fourth-order valence-corrected chi connectivity index (χ4v) is 15.8. The van der Waals surface area contributed by atoms with E-state index in [4.69, 9.17) is 0 Å². The van der Waals surface area contributed by atoms with Crippen molar-refractivity contribution in [2.75, 3.05) is 9.80 Å². The van der Waals surface area contributed by atoms with Gasteiger partial charge in [0, 0.05) is 33.5 Å². The van der Waals surface area contributed by atoms with E-state index in [9.17, 15) is 0 Å². The summed E-state index contributed by atoms with van der Waals surface area (Å²) in [4.78, 5) is 5.09. The lowest BCUT2D eigenvalue weighted by molar-refractivity contribution is 0.595. The van der Waals surface area contributed by atoms with Gasteiger partial charge >= 0.3 is 0 Å². The van der Waals surface area contributed by atoms with Crippen LogP contribution in [0.2, 0.25) is 0 Å². The lowest BCUT2D eigenvalue weighted by Gasteiger charge is -2.36. The van der Waals surface area contributed by atoms with Gasteiger partial charge in [0.2, 0.25) is 0 Å². The van der Waals surface area contributed by atoms with Gasteiger partial charge in [-0.25, -0.2) is 0 Å². The maximum Gasteiger partial charge on any atom is 0.0714 e. The van der Waals surface area contributed by atoms with Crippen molar-refractivity contribution in [2.24, 2.45) is 0 Å². The molecule has 0 heterocycles. The van der Waals surface area contributed by atoms with Crippen molar-refractivity contribution >= 4 is 66.4 Å². The van der Waals surface area contributed by atoms with Crippen LogP contribution in [0, 0.1) is 0 Å². The first-order valence-corrected chi connectivity index (χ1v) is 31.2. The zero-order valence-corrected chi connectivity index (χ0v) is 50.8. The average Bonchev–Trinajstić information content (AvgIpc) is 1.42. The van der Waals surface area contributed by atoms with Crippen molar-refractivity contribution in [1.82, 2.24) is 0 Å².